The number of aromatic nitrogens is 3. The van der Waals surface area contributed by atoms with Crippen LogP contribution in [0.25, 0.3) is 11.1 Å². The Balaban J connectivity index is 0.743. The zero-order chi connectivity index (χ0) is 41.6. The average molecular weight is 842 g/mol. The Morgan fingerprint density at radius 2 is 1.67 bits per heavy atom. The van der Waals surface area contributed by atoms with Gasteiger partial charge in [-0.3, -0.25) is 39.6 Å². The lowest BCUT2D eigenvalue weighted by Crippen LogP contribution is -2.53. The van der Waals surface area contributed by atoms with Gasteiger partial charge in [0.25, 0.3) is 11.8 Å². The third-order valence-corrected chi connectivity index (χ3v) is 14.0. The fourth-order valence-corrected chi connectivity index (χ4v) is 10.5. The summed E-state index contributed by atoms with van der Waals surface area (Å²) in [5, 5.41) is 7.51. The number of imide groups is 1. The fraction of sp³-hybridized carbons (Fsp3) is 0.391. The Hall–Kier alpha value is -5.77. The van der Waals surface area contributed by atoms with Crippen LogP contribution in [0.5, 0.6) is 0 Å². The molecule has 3 fully saturated rings. The molecule has 61 heavy (non-hydrogen) atoms. The normalized spacial score (nSPS) is 20.5. The van der Waals surface area contributed by atoms with E-state index in [1.54, 1.807) is 24.0 Å². The Morgan fingerprint density at radius 3 is 2.41 bits per heavy atom. The third-order valence-electron chi connectivity index (χ3n) is 13.3. The molecule has 0 radical (unpaired) electrons. The minimum atomic E-state index is -1.03. The van der Waals surface area contributed by atoms with Crippen LogP contribution in [-0.4, -0.2) is 98.2 Å². The number of nitrogens with zero attached hydrogens (tertiary/aromatic N) is 7. The highest BCUT2D eigenvalue weighted by Gasteiger charge is 2.42. The number of piperidine rings is 2. The highest BCUT2D eigenvalue weighted by molar-refractivity contribution is 7.13. The maximum atomic E-state index is 15.9. The molecule has 2 aromatic heterocycles. The van der Waals surface area contributed by atoms with Crippen LogP contribution in [-0.2, 0) is 40.4 Å². The number of amides is 4. The van der Waals surface area contributed by atoms with Gasteiger partial charge in [0, 0.05) is 85.8 Å². The molecule has 3 saturated heterocycles. The van der Waals surface area contributed by atoms with Gasteiger partial charge in [0.2, 0.25) is 11.8 Å². The van der Waals surface area contributed by atoms with E-state index in [9.17, 15) is 19.2 Å². The van der Waals surface area contributed by atoms with Crippen molar-refractivity contribution < 1.29 is 23.6 Å². The summed E-state index contributed by atoms with van der Waals surface area (Å²) in [6, 6.07) is 19.3. The molecule has 2 unspecified atom stereocenters. The minimum Gasteiger partial charge on any atom is -0.369 e. The number of benzene rings is 3. The van der Waals surface area contributed by atoms with Gasteiger partial charge in [0.05, 0.1) is 24.5 Å². The van der Waals surface area contributed by atoms with Crippen LogP contribution in [0.4, 0.5) is 15.2 Å². The number of halogens is 1. The van der Waals surface area contributed by atoms with E-state index in [4.69, 9.17) is 0 Å². The number of hydrogen-bond donors (Lipinski definition) is 2. The number of likely N-dealkylation sites (tertiary alicyclic amines) is 1. The Kier molecular flexibility index (Phi) is 10.7. The predicted octanol–water partition coefficient (Wildman–Crippen LogP) is 5.73. The van der Waals surface area contributed by atoms with Crippen LogP contribution in [0.15, 0.2) is 78.6 Å². The fourth-order valence-electron chi connectivity index (χ4n) is 9.94. The summed E-state index contributed by atoms with van der Waals surface area (Å²) in [7, 11) is 0. The molecule has 314 valence electrons. The maximum Gasteiger partial charge on any atom is 0.255 e. The van der Waals surface area contributed by atoms with E-state index < -0.39 is 23.7 Å². The summed E-state index contributed by atoms with van der Waals surface area (Å²) < 4.78 is 18.0. The minimum absolute atomic E-state index is 0.0311. The Labute approximate surface area is 357 Å². The first-order valence-electron chi connectivity index (χ1n) is 21.4. The molecule has 4 amide bonds. The topological polar surface area (TPSA) is 136 Å². The number of thiazole rings is 1. The average Bonchev–Trinajstić information content (AvgIpc) is 4.10. The number of fused-ring (bicyclic) bond motifs is 2. The maximum absolute atomic E-state index is 15.9. The molecule has 0 bridgehead atoms. The zero-order valence-corrected chi connectivity index (χ0v) is 34.7. The second-order valence-electron chi connectivity index (χ2n) is 16.8. The number of nitrogens with one attached hydrogen (secondary N) is 2. The van der Waals surface area contributed by atoms with Crippen LogP contribution in [0.1, 0.15) is 82.5 Å². The molecule has 5 aliphatic rings. The molecule has 2 atom stereocenters. The third kappa shape index (κ3) is 7.86. The molecule has 15 heteroatoms. The number of piperazine rings is 1. The van der Waals surface area contributed by atoms with Gasteiger partial charge in [0.1, 0.15) is 5.82 Å². The van der Waals surface area contributed by atoms with Crippen molar-refractivity contribution in [1.82, 2.24) is 34.6 Å². The lowest BCUT2D eigenvalue weighted by atomic mass is 9.90. The predicted molar refractivity (Wildman–Crippen MR) is 229 cm³/mol. The molecule has 5 aromatic rings. The van der Waals surface area contributed by atoms with Crippen molar-refractivity contribution in [1.29, 1.82) is 0 Å². The summed E-state index contributed by atoms with van der Waals surface area (Å²) in [4.78, 5) is 69.6. The monoisotopic (exact) mass is 841 g/mol. The molecule has 3 aromatic carbocycles. The van der Waals surface area contributed by atoms with Crippen LogP contribution >= 0.6 is 11.3 Å². The lowest BCUT2D eigenvalue weighted by molar-refractivity contribution is -0.134. The van der Waals surface area contributed by atoms with Crippen LogP contribution in [0, 0.1) is 5.82 Å². The number of imidazole rings is 1. The summed E-state index contributed by atoms with van der Waals surface area (Å²) in [6.07, 6.45) is 8.23. The highest BCUT2D eigenvalue weighted by atomic mass is 32.1. The van der Waals surface area contributed by atoms with E-state index in [2.05, 4.69) is 59.6 Å². The molecule has 0 aliphatic carbocycles. The first kappa shape index (κ1) is 39.4. The number of carbonyl (C=O) groups excluding carboxylic acids is 4. The highest BCUT2D eigenvalue weighted by Crippen LogP contribution is 2.38. The van der Waals surface area contributed by atoms with Crippen molar-refractivity contribution in [2.75, 3.05) is 49.5 Å². The first-order valence-corrected chi connectivity index (χ1v) is 22.3. The zero-order valence-electron chi connectivity index (χ0n) is 33.9. The Bertz CT molecular complexity index is 2460. The molecule has 13 nitrogen and oxygen atoms in total. The molecule has 0 saturated carbocycles. The quantitative estimate of drug-likeness (QED) is 0.169. The van der Waals surface area contributed by atoms with Gasteiger partial charge in [-0.1, -0.05) is 36.4 Å². The van der Waals surface area contributed by atoms with E-state index in [1.807, 2.05) is 28.8 Å². The van der Waals surface area contributed by atoms with Crippen molar-refractivity contribution in [2.24, 2.45) is 0 Å². The molecule has 0 spiro atoms. The molecular formula is C46H48FN9O4S. The van der Waals surface area contributed by atoms with Gasteiger partial charge >= 0.3 is 0 Å². The van der Waals surface area contributed by atoms with E-state index in [-0.39, 0.29) is 35.4 Å². The standard InChI is InChI=1S/C46H48FN9O4S/c47-38-25-32(24-36-37(38)27-56(45(36)60)42(44(59)51-46-48-15-23-61-46)41-39-2-1-16-55(39)28-49-41)30-7-9-33(10-8-30)53-19-21-54(22-20-53)34-13-17-52(18-14-34)26-29-3-5-31(6-4-29)35-11-12-40(57)50-43(35)58/h3-10,15,23-25,28,34-35,42H,1-2,11-14,16-22,26-27H2,(H,48,51,59)(H,50,57,58). The van der Waals surface area contributed by atoms with Gasteiger partial charge in [-0.25, -0.2) is 14.4 Å². The van der Waals surface area contributed by atoms with E-state index in [1.165, 1.54) is 27.9 Å². The van der Waals surface area contributed by atoms with Gasteiger partial charge < -0.3 is 14.4 Å². The van der Waals surface area contributed by atoms with Crippen molar-refractivity contribution in [3.8, 4) is 11.1 Å². The van der Waals surface area contributed by atoms with Crippen molar-refractivity contribution in [3.63, 3.8) is 0 Å². The largest absolute Gasteiger partial charge is 0.369 e. The van der Waals surface area contributed by atoms with E-state index in [0.717, 1.165) is 101 Å². The molecule has 7 heterocycles. The van der Waals surface area contributed by atoms with Crippen LogP contribution in [0.2, 0.25) is 0 Å². The summed E-state index contributed by atoms with van der Waals surface area (Å²) in [5.74, 6) is -1.92. The lowest BCUT2D eigenvalue weighted by Gasteiger charge is -2.43. The van der Waals surface area contributed by atoms with Crippen molar-refractivity contribution in [2.45, 2.75) is 76.2 Å². The van der Waals surface area contributed by atoms with E-state index >= 15 is 4.39 Å². The van der Waals surface area contributed by atoms with Gasteiger partial charge in [-0.15, -0.1) is 11.3 Å². The molecule has 2 N–H and O–H groups in total. The summed E-state index contributed by atoms with van der Waals surface area (Å²) >= 11 is 1.29. The second-order valence-corrected chi connectivity index (χ2v) is 17.7. The second kappa shape index (κ2) is 16.6. The van der Waals surface area contributed by atoms with Crippen molar-refractivity contribution in [3.05, 3.63) is 118 Å². The smallest absolute Gasteiger partial charge is 0.255 e. The molecular weight excluding hydrogens is 794 g/mol. The number of carbonyl (C=O) groups is 4. The molecule has 5 aliphatic heterocycles. The first-order chi connectivity index (χ1) is 29.8. The Morgan fingerprint density at radius 1 is 0.885 bits per heavy atom. The van der Waals surface area contributed by atoms with Crippen LogP contribution in [0.3, 0.4) is 0 Å². The SMILES string of the molecule is O=C1CCC(c2ccc(CN3CCC(N4CCN(c5ccc(-c6cc(F)c7c(c6)C(=O)N(C(C(=O)Nc6nccs6)c6ncn8c6CCC8)C7)cc5)CC4)CC3)cc2)C(=O)N1. The van der Waals surface area contributed by atoms with Gasteiger partial charge in [0.15, 0.2) is 11.2 Å². The summed E-state index contributed by atoms with van der Waals surface area (Å²) in [6.45, 7) is 7.59. The summed E-state index contributed by atoms with van der Waals surface area (Å²) in [5.41, 5.74) is 6.77. The van der Waals surface area contributed by atoms with Gasteiger partial charge in [-0.05, 0) is 91.7 Å². The van der Waals surface area contributed by atoms with Crippen LogP contribution < -0.4 is 15.5 Å². The molecule has 10 rings (SSSR count). The van der Waals surface area contributed by atoms with E-state index in [0.29, 0.717) is 35.3 Å². The van der Waals surface area contributed by atoms with Crippen molar-refractivity contribution >= 4 is 45.8 Å². The number of rotatable bonds is 10. The number of aryl methyl sites for hydroxylation is 1. The number of anilines is 2. The number of hydrogen-bond acceptors (Lipinski definition) is 10. The van der Waals surface area contributed by atoms with Gasteiger partial charge in [-0.2, -0.15) is 0 Å².